The van der Waals surface area contributed by atoms with Crippen molar-refractivity contribution >= 4 is 6.29 Å². The first-order chi connectivity index (χ1) is 8.40. The van der Waals surface area contributed by atoms with Crippen molar-refractivity contribution in [3.05, 3.63) is 29.3 Å². The maximum atomic E-state index is 12.6. The zero-order valence-corrected chi connectivity index (χ0v) is 8.87. The van der Waals surface area contributed by atoms with Crippen LogP contribution in [0.4, 0.5) is 17.6 Å². The third kappa shape index (κ3) is 3.20. The standard InChI is InChI=1S/C11H7F4NO2/c12-10(13)11(14,15)6-18-9-2-1-7(5-17)3-8(9)4-16/h1-3,5,10H,6H2. The summed E-state index contributed by atoms with van der Waals surface area (Å²) in [5.74, 6) is -4.57. The number of aldehydes is 1. The molecule has 1 aromatic carbocycles. The summed E-state index contributed by atoms with van der Waals surface area (Å²) in [6.07, 6.45) is -3.39. The van der Waals surface area contributed by atoms with Gasteiger partial charge in [-0.25, -0.2) is 8.78 Å². The van der Waals surface area contributed by atoms with Gasteiger partial charge in [-0.2, -0.15) is 14.0 Å². The Labute approximate surface area is 99.6 Å². The van der Waals surface area contributed by atoms with Crippen LogP contribution in [0.2, 0.25) is 0 Å². The predicted octanol–water partition coefficient (Wildman–Crippen LogP) is 2.65. The minimum Gasteiger partial charge on any atom is -0.486 e. The molecule has 0 unspecified atom stereocenters. The van der Waals surface area contributed by atoms with Crippen molar-refractivity contribution in [2.45, 2.75) is 12.3 Å². The smallest absolute Gasteiger partial charge is 0.340 e. The van der Waals surface area contributed by atoms with Gasteiger partial charge in [-0.15, -0.1) is 0 Å². The van der Waals surface area contributed by atoms with Crippen molar-refractivity contribution < 1.29 is 27.1 Å². The molecule has 3 nitrogen and oxygen atoms in total. The zero-order chi connectivity index (χ0) is 13.8. The Morgan fingerprint density at radius 3 is 2.61 bits per heavy atom. The minimum atomic E-state index is -4.30. The number of hydrogen-bond acceptors (Lipinski definition) is 3. The fraction of sp³-hybridized carbons (Fsp3) is 0.273. The number of alkyl halides is 4. The summed E-state index contributed by atoms with van der Waals surface area (Å²) < 4.78 is 53.4. The molecular weight excluding hydrogens is 254 g/mol. The lowest BCUT2D eigenvalue weighted by molar-refractivity contribution is -0.148. The number of carbonyl (C=O) groups is 1. The van der Waals surface area contributed by atoms with Gasteiger partial charge in [-0.05, 0) is 18.2 Å². The predicted molar refractivity (Wildman–Crippen MR) is 53.0 cm³/mol. The molecule has 7 heteroatoms. The zero-order valence-electron chi connectivity index (χ0n) is 8.87. The SMILES string of the molecule is N#Cc1cc(C=O)ccc1OCC(F)(F)C(F)F. The highest BCUT2D eigenvalue weighted by Crippen LogP contribution is 2.26. The van der Waals surface area contributed by atoms with Crippen LogP contribution in [0.25, 0.3) is 0 Å². The van der Waals surface area contributed by atoms with E-state index < -0.39 is 19.0 Å². The Hall–Kier alpha value is -2.10. The van der Waals surface area contributed by atoms with E-state index in [4.69, 9.17) is 5.26 Å². The Balaban J connectivity index is 2.86. The summed E-state index contributed by atoms with van der Waals surface area (Å²) in [6.45, 7) is -1.54. The van der Waals surface area contributed by atoms with E-state index in [9.17, 15) is 22.4 Å². The molecule has 0 saturated heterocycles. The molecule has 0 atom stereocenters. The van der Waals surface area contributed by atoms with Crippen molar-refractivity contribution in [2.75, 3.05) is 6.61 Å². The Morgan fingerprint density at radius 1 is 1.44 bits per heavy atom. The lowest BCUT2D eigenvalue weighted by Crippen LogP contribution is -2.33. The quantitative estimate of drug-likeness (QED) is 0.604. The highest BCUT2D eigenvalue weighted by molar-refractivity contribution is 5.76. The van der Waals surface area contributed by atoms with Crippen LogP contribution in [0.15, 0.2) is 18.2 Å². The molecule has 0 saturated carbocycles. The number of nitriles is 1. The van der Waals surface area contributed by atoms with Crippen LogP contribution in [-0.2, 0) is 0 Å². The van der Waals surface area contributed by atoms with Gasteiger partial charge in [0.2, 0.25) is 0 Å². The monoisotopic (exact) mass is 261 g/mol. The first kappa shape index (κ1) is 14.0. The van der Waals surface area contributed by atoms with Crippen molar-refractivity contribution in [2.24, 2.45) is 0 Å². The normalized spacial score (nSPS) is 11.1. The van der Waals surface area contributed by atoms with E-state index in [1.807, 2.05) is 0 Å². The molecule has 0 radical (unpaired) electrons. The summed E-state index contributed by atoms with van der Waals surface area (Å²) >= 11 is 0. The molecule has 1 aromatic rings. The van der Waals surface area contributed by atoms with Gasteiger partial charge in [0.1, 0.15) is 18.1 Å². The Bertz CT molecular complexity index is 482. The summed E-state index contributed by atoms with van der Waals surface area (Å²) in [5.41, 5.74) is -0.0239. The van der Waals surface area contributed by atoms with Gasteiger partial charge in [0.05, 0.1) is 5.56 Å². The van der Waals surface area contributed by atoms with Crippen LogP contribution in [0.3, 0.4) is 0 Å². The van der Waals surface area contributed by atoms with Crippen LogP contribution in [0.1, 0.15) is 15.9 Å². The second kappa shape index (κ2) is 5.49. The second-order valence-electron chi connectivity index (χ2n) is 3.34. The molecule has 0 aliphatic carbocycles. The summed E-state index contributed by atoms with van der Waals surface area (Å²) in [4.78, 5) is 10.4. The van der Waals surface area contributed by atoms with Gasteiger partial charge in [0.25, 0.3) is 0 Å². The summed E-state index contributed by atoms with van der Waals surface area (Å²) in [5, 5.41) is 8.70. The van der Waals surface area contributed by atoms with Gasteiger partial charge in [-0.3, -0.25) is 4.79 Å². The highest BCUT2D eigenvalue weighted by Gasteiger charge is 2.41. The molecule has 0 heterocycles. The number of carbonyl (C=O) groups excluding carboxylic acids is 1. The van der Waals surface area contributed by atoms with E-state index in [0.717, 1.165) is 12.1 Å². The second-order valence-corrected chi connectivity index (χ2v) is 3.34. The van der Waals surface area contributed by atoms with E-state index in [1.54, 1.807) is 6.07 Å². The molecule has 0 N–H and O–H groups in total. The maximum Gasteiger partial charge on any atom is 0.340 e. The van der Waals surface area contributed by atoms with Crippen molar-refractivity contribution in [1.82, 2.24) is 0 Å². The largest absolute Gasteiger partial charge is 0.486 e. The minimum absolute atomic E-state index is 0.152. The molecular formula is C11H7F4NO2. The van der Waals surface area contributed by atoms with Crippen molar-refractivity contribution in [3.63, 3.8) is 0 Å². The van der Waals surface area contributed by atoms with Crippen LogP contribution in [-0.4, -0.2) is 25.2 Å². The molecule has 0 aliphatic heterocycles. The first-order valence-corrected chi connectivity index (χ1v) is 4.69. The third-order valence-corrected chi connectivity index (χ3v) is 2.00. The molecule has 0 amide bonds. The van der Waals surface area contributed by atoms with E-state index in [0.29, 0.717) is 6.29 Å². The molecule has 96 valence electrons. The number of ether oxygens (including phenoxy) is 1. The van der Waals surface area contributed by atoms with Gasteiger partial charge < -0.3 is 4.74 Å². The summed E-state index contributed by atoms with van der Waals surface area (Å²) in [7, 11) is 0. The molecule has 0 fully saturated rings. The van der Waals surface area contributed by atoms with Crippen molar-refractivity contribution in [3.8, 4) is 11.8 Å². The maximum absolute atomic E-state index is 12.6. The van der Waals surface area contributed by atoms with Gasteiger partial charge >= 0.3 is 12.3 Å². The number of rotatable bonds is 5. The average Bonchev–Trinajstić information content (AvgIpc) is 2.35. The molecule has 1 rings (SSSR count). The lowest BCUT2D eigenvalue weighted by Gasteiger charge is -2.16. The molecule has 0 aromatic heterocycles. The van der Waals surface area contributed by atoms with Crippen LogP contribution in [0.5, 0.6) is 5.75 Å². The van der Waals surface area contributed by atoms with E-state index in [2.05, 4.69) is 4.74 Å². The molecule has 0 spiro atoms. The van der Waals surface area contributed by atoms with Gasteiger partial charge in [0, 0.05) is 5.56 Å². The number of hydrogen-bond donors (Lipinski definition) is 0. The number of benzene rings is 1. The first-order valence-electron chi connectivity index (χ1n) is 4.69. The topological polar surface area (TPSA) is 50.1 Å². The van der Waals surface area contributed by atoms with Crippen LogP contribution < -0.4 is 4.74 Å². The fourth-order valence-corrected chi connectivity index (χ4v) is 1.07. The van der Waals surface area contributed by atoms with Gasteiger partial charge in [-0.1, -0.05) is 0 Å². The number of nitrogens with zero attached hydrogens (tertiary/aromatic N) is 1. The molecule has 0 bridgehead atoms. The number of halogens is 4. The molecule has 0 aliphatic rings. The lowest BCUT2D eigenvalue weighted by atomic mass is 10.1. The Morgan fingerprint density at radius 2 is 2.11 bits per heavy atom. The van der Waals surface area contributed by atoms with E-state index in [1.165, 1.54) is 6.07 Å². The van der Waals surface area contributed by atoms with Crippen LogP contribution >= 0.6 is 0 Å². The Kier molecular flexibility index (Phi) is 4.26. The van der Waals surface area contributed by atoms with Crippen molar-refractivity contribution in [1.29, 1.82) is 5.26 Å². The third-order valence-electron chi connectivity index (χ3n) is 2.00. The molecule has 18 heavy (non-hydrogen) atoms. The highest BCUT2D eigenvalue weighted by atomic mass is 19.3. The summed E-state index contributed by atoms with van der Waals surface area (Å²) in [6, 6.07) is 5.06. The van der Waals surface area contributed by atoms with E-state index in [-0.39, 0.29) is 16.9 Å². The fourth-order valence-electron chi connectivity index (χ4n) is 1.07. The van der Waals surface area contributed by atoms with E-state index >= 15 is 0 Å². The van der Waals surface area contributed by atoms with Gasteiger partial charge in [0.15, 0.2) is 6.61 Å². The van der Waals surface area contributed by atoms with Crippen LogP contribution in [0, 0.1) is 11.3 Å². The average molecular weight is 261 g/mol.